The van der Waals surface area contributed by atoms with Gasteiger partial charge in [0, 0.05) is 18.0 Å². The Morgan fingerprint density at radius 1 is 1.08 bits per heavy atom. The third kappa shape index (κ3) is 4.15. The van der Waals surface area contributed by atoms with E-state index in [0.717, 1.165) is 16.5 Å². The molecule has 3 aromatic rings. The van der Waals surface area contributed by atoms with Crippen LogP contribution in [0.3, 0.4) is 0 Å². The molecule has 25 heavy (non-hydrogen) atoms. The van der Waals surface area contributed by atoms with Gasteiger partial charge in [-0.25, -0.2) is 4.79 Å². The van der Waals surface area contributed by atoms with Crippen LogP contribution < -0.4 is 10.9 Å². The molecular weight excluding hydrogens is 314 g/mol. The third-order valence-electron chi connectivity index (χ3n) is 4.20. The lowest BCUT2D eigenvalue weighted by molar-refractivity contribution is -0.120. The Kier molecular flexibility index (Phi) is 4.98. The van der Waals surface area contributed by atoms with Crippen LogP contribution in [0.4, 0.5) is 0 Å². The molecule has 1 aromatic heterocycles. The topological polar surface area (TPSA) is 59.3 Å². The lowest BCUT2D eigenvalue weighted by Gasteiger charge is -2.10. The maximum absolute atomic E-state index is 12.2. The van der Waals surface area contributed by atoms with Crippen molar-refractivity contribution in [2.75, 3.05) is 0 Å². The summed E-state index contributed by atoms with van der Waals surface area (Å²) in [5.74, 6) is 0.296. The average molecular weight is 335 g/mol. The number of hydrogen-bond acceptors (Lipinski definition) is 3. The SMILES string of the molecule is CC(C)c1ccc2oc(=O)cc(CNC(=O)Cc3ccccc3)c2c1. The van der Waals surface area contributed by atoms with E-state index in [9.17, 15) is 9.59 Å². The molecule has 128 valence electrons. The van der Waals surface area contributed by atoms with Crippen LogP contribution in [0.1, 0.15) is 36.5 Å². The number of nitrogens with one attached hydrogen (secondary N) is 1. The summed E-state index contributed by atoms with van der Waals surface area (Å²) in [5, 5.41) is 3.76. The van der Waals surface area contributed by atoms with Gasteiger partial charge in [-0.15, -0.1) is 0 Å². The highest BCUT2D eigenvalue weighted by atomic mass is 16.4. The first-order valence-electron chi connectivity index (χ1n) is 8.40. The minimum absolute atomic E-state index is 0.0763. The van der Waals surface area contributed by atoms with E-state index in [-0.39, 0.29) is 5.91 Å². The number of benzene rings is 2. The molecule has 1 N–H and O–H groups in total. The molecule has 0 saturated heterocycles. The van der Waals surface area contributed by atoms with E-state index in [0.29, 0.717) is 24.5 Å². The normalized spacial score (nSPS) is 11.0. The fourth-order valence-corrected chi connectivity index (χ4v) is 2.79. The molecule has 0 spiro atoms. The molecule has 0 radical (unpaired) electrons. The van der Waals surface area contributed by atoms with Gasteiger partial charge in [0.15, 0.2) is 0 Å². The molecular formula is C21H21NO3. The summed E-state index contributed by atoms with van der Waals surface area (Å²) >= 11 is 0. The lowest BCUT2D eigenvalue weighted by Crippen LogP contribution is -2.25. The maximum Gasteiger partial charge on any atom is 0.336 e. The largest absolute Gasteiger partial charge is 0.423 e. The number of fused-ring (bicyclic) bond motifs is 1. The van der Waals surface area contributed by atoms with Gasteiger partial charge in [0.1, 0.15) is 5.58 Å². The number of carbonyl (C=O) groups excluding carboxylic acids is 1. The van der Waals surface area contributed by atoms with Crippen molar-refractivity contribution in [3.05, 3.63) is 81.7 Å². The Balaban J connectivity index is 1.81. The van der Waals surface area contributed by atoms with E-state index >= 15 is 0 Å². The number of rotatable bonds is 5. The molecule has 0 fully saturated rings. The zero-order valence-corrected chi connectivity index (χ0v) is 14.4. The molecule has 0 saturated carbocycles. The van der Waals surface area contributed by atoms with Crippen LogP contribution in [-0.4, -0.2) is 5.91 Å². The second-order valence-electron chi connectivity index (χ2n) is 6.44. The number of carbonyl (C=O) groups is 1. The van der Waals surface area contributed by atoms with Crippen LogP contribution in [0.15, 0.2) is 63.8 Å². The molecule has 4 heteroatoms. The standard InChI is InChI=1S/C21H21NO3/c1-14(2)16-8-9-19-18(11-16)17(12-21(24)25-19)13-22-20(23)10-15-6-4-3-5-7-15/h3-9,11-12,14H,10,13H2,1-2H3,(H,22,23). The first kappa shape index (κ1) is 17.0. The van der Waals surface area contributed by atoms with Crippen molar-refractivity contribution in [1.29, 1.82) is 0 Å². The Hall–Kier alpha value is -2.88. The third-order valence-corrected chi connectivity index (χ3v) is 4.20. The molecule has 0 bridgehead atoms. The first-order valence-corrected chi connectivity index (χ1v) is 8.40. The fourth-order valence-electron chi connectivity index (χ4n) is 2.79. The second-order valence-corrected chi connectivity index (χ2v) is 6.44. The fraction of sp³-hybridized carbons (Fsp3) is 0.238. The van der Waals surface area contributed by atoms with Gasteiger partial charge in [0.25, 0.3) is 0 Å². The summed E-state index contributed by atoms with van der Waals surface area (Å²) in [4.78, 5) is 23.9. The zero-order valence-electron chi connectivity index (χ0n) is 14.4. The predicted octanol–water partition coefficient (Wildman–Crippen LogP) is 3.78. The van der Waals surface area contributed by atoms with Crippen molar-refractivity contribution in [3.63, 3.8) is 0 Å². The number of amides is 1. The summed E-state index contributed by atoms with van der Waals surface area (Å²) in [6.07, 6.45) is 0.317. The van der Waals surface area contributed by atoms with Crippen LogP contribution in [0.2, 0.25) is 0 Å². The van der Waals surface area contributed by atoms with E-state index in [1.807, 2.05) is 48.5 Å². The highest BCUT2D eigenvalue weighted by Gasteiger charge is 2.10. The average Bonchev–Trinajstić information content (AvgIpc) is 2.60. The van der Waals surface area contributed by atoms with E-state index in [2.05, 4.69) is 19.2 Å². The predicted molar refractivity (Wildman–Crippen MR) is 98.6 cm³/mol. The highest BCUT2D eigenvalue weighted by molar-refractivity contribution is 5.82. The molecule has 0 aliphatic carbocycles. The summed E-state index contributed by atoms with van der Waals surface area (Å²) < 4.78 is 5.27. The van der Waals surface area contributed by atoms with Gasteiger partial charge >= 0.3 is 5.63 Å². The van der Waals surface area contributed by atoms with Crippen molar-refractivity contribution in [2.24, 2.45) is 0 Å². The number of hydrogen-bond donors (Lipinski definition) is 1. The van der Waals surface area contributed by atoms with Gasteiger partial charge in [-0.3, -0.25) is 4.79 Å². The van der Waals surface area contributed by atoms with E-state index in [1.165, 1.54) is 11.6 Å². The lowest BCUT2D eigenvalue weighted by atomic mass is 9.99. The Labute approximate surface area is 146 Å². The molecule has 1 heterocycles. The van der Waals surface area contributed by atoms with Crippen molar-refractivity contribution in [2.45, 2.75) is 32.7 Å². The van der Waals surface area contributed by atoms with Crippen LogP contribution in [0.5, 0.6) is 0 Å². The molecule has 0 atom stereocenters. The Morgan fingerprint density at radius 2 is 1.84 bits per heavy atom. The van der Waals surface area contributed by atoms with Gasteiger partial charge in [-0.2, -0.15) is 0 Å². The quantitative estimate of drug-likeness (QED) is 0.722. The van der Waals surface area contributed by atoms with Gasteiger partial charge in [-0.1, -0.05) is 50.2 Å². The van der Waals surface area contributed by atoms with Crippen LogP contribution in [0, 0.1) is 0 Å². The van der Waals surface area contributed by atoms with Gasteiger partial charge in [0.05, 0.1) is 6.42 Å². The molecule has 0 aliphatic heterocycles. The molecule has 4 nitrogen and oxygen atoms in total. The van der Waals surface area contributed by atoms with Crippen LogP contribution in [-0.2, 0) is 17.8 Å². The monoisotopic (exact) mass is 335 g/mol. The van der Waals surface area contributed by atoms with E-state index in [4.69, 9.17) is 4.42 Å². The van der Waals surface area contributed by atoms with Gasteiger partial charge in [0.2, 0.25) is 5.91 Å². The van der Waals surface area contributed by atoms with Crippen molar-refractivity contribution in [3.8, 4) is 0 Å². The molecule has 1 amide bonds. The molecule has 0 aliphatic rings. The smallest absolute Gasteiger partial charge is 0.336 e. The first-order chi connectivity index (χ1) is 12.0. The van der Waals surface area contributed by atoms with Gasteiger partial charge in [-0.05, 0) is 34.7 Å². The molecule has 3 rings (SSSR count). The minimum atomic E-state index is -0.405. The summed E-state index contributed by atoms with van der Waals surface area (Å²) in [5.41, 5.74) is 3.04. The molecule has 0 unspecified atom stereocenters. The molecule has 2 aromatic carbocycles. The zero-order chi connectivity index (χ0) is 17.8. The van der Waals surface area contributed by atoms with E-state index in [1.54, 1.807) is 0 Å². The highest BCUT2D eigenvalue weighted by Crippen LogP contribution is 2.23. The van der Waals surface area contributed by atoms with Crippen LogP contribution >= 0.6 is 0 Å². The summed E-state index contributed by atoms with van der Waals surface area (Å²) in [6, 6.07) is 16.8. The van der Waals surface area contributed by atoms with Crippen molar-refractivity contribution < 1.29 is 9.21 Å². The van der Waals surface area contributed by atoms with Crippen molar-refractivity contribution in [1.82, 2.24) is 5.32 Å². The summed E-state index contributed by atoms with van der Waals surface area (Å²) in [7, 11) is 0. The van der Waals surface area contributed by atoms with Crippen LogP contribution in [0.25, 0.3) is 11.0 Å². The Morgan fingerprint density at radius 3 is 2.56 bits per heavy atom. The van der Waals surface area contributed by atoms with Crippen molar-refractivity contribution >= 4 is 16.9 Å². The van der Waals surface area contributed by atoms with E-state index < -0.39 is 5.63 Å². The minimum Gasteiger partial charge on any atom is -0.423 e. The maximum atomic E-state index is 12.2. The summed E-state index contributed by atoms with van der Waals surface area (Å²) in [6.45, 7) is 4.53. The second kappa shape index (κ2) is 7.34. The van der Waals surface area contributed by atoms with Gasteiger partial charge < -0.3 is 9.73 Å². The Bertz CT molecular complexity index is 942.